The van der Waals surface area contributed by atoms with Gasteiger partial charge in [0.25, 0.3) is 0 Å². The fraction of sp³-hybridized carbons (Fsp3) is 0.889. The molecule has 1 rings (SSSR count). The monoisotopic (exact) mass is 422 g/mol. The Morgan fingerprint density at radius 1 is 1.10 bits per heavy atom. The summed E-state index contributed by atoms with van der Waals surface area (Å²) in [7, 11) is 3.09. The summed E-state index contributed by atoms with van der Waals surface area (Å²) in [5.41, 5.74) is 0. The van der Waals surface area contributed by atoms with Crippen molar-refractivity contribution < 1.29 is 43.9 Å². The molecule has 0 saturated carbocycles. The summed E-state index contributed by atoms with van der Waals surface area (Å²) >= 11 is 0. The summed E-state index contributed by atoms with van der Waals surface area (Å²) in [5, 5.41) is 34.7. The number of ether oxygens (including phenoxy) is 4. The average Bonchev–Trinajstić information content (AvgIpc) is 2.66. The molecule has 0 spiro atoms. The SMILES string of the molecule is COCC(COC)NC(=O)CCCCO[C@@H]1OC(CO)[C@H](O)[C@H](O)C1NC(C)=O. The molecule has 0 bridgehead atoms. The Morgan fingerprint density at radius 3 is 2.31 bits per heavy atom. The molecule has 1 heterocycles. The van der Waals surface area contributed by atoms with Gasteiger partial charge in [-0.1, -0.05) is 0 Å². The van der Waals surface area contributed by atoms with Gasteiger partial charge >= 0.3 is 0 Å². The molecule has 0 aliphatic carbocycles. The van der Waals surface area contributed by atoms with E-state index in [1.54, 1.807) is 14.2 Å². The van der Waals surface area contributed by atoms with E-state index in [1.807, 2.05) is 0 Å². The Hall–Kier alpha value is -1.34. The quantitative estimate of drug-likeness (QED) is 0.210. The number of aliphatic hydroxyl groups is 3. The van der Waals surface area contributed by atoms with Gasteiger partial charge in [0.15, 0.2) is 6.29 Å². The molecular weight excluding hydrogens is 388 g/mol. The van der Waals surface area contributed by atoms with Crippen LogP contribution in [-0.4, -0.2) is 104 Å². The minimum Gasteiger partial charge on any atom is -0.394 e. The highest BCUT2D eigenvalue weighted by Crippen LogP contribution is 2.22. The van der Waals surface area contributed by atoms with Crippen LogP contribution in [0.15, 0.2) is 0 Å². The highest BCUT2D eigenvalue weighted by Gasteiger charge is 2.45. The largest absolute Gasteiger partial charge is 0.394 e. The Morgan fingerprint density at radius 2 is 1.76 bits per heavy atom. The van der Waals surface area contributed by atoms with Gasteiger partial charge < -0.3 is 44.9 Å². The van der Waals surface area contributed by atoms with Gasteiger partial charge in [0.1, 0.15) is 24.4 Å². The van der Waals surface area contributed by atoms with Gasteiger partial charge in [-0.15, -0.1) is 0 Å². The first-order chi connectivity index (χ1) is 13.8. The molecule has 2 amide bonds. The number of methoxy groups -OCH3 is 2. The molecule has 11 nitrogen and oxygen atoms in total. The molecule has 11 heteroatoms. The van der Waals surface area contributed by atoms with Crippen LogP contribution in [0.25, 0.3) is 0 Å². The molecule has 0 aromatic rings. The van der Waals surface area contributed by atoms with E-state index in [0.29, 0.717) is 26.1 Å². The molecule has 0 radical (unpaired) electrons. The molecule has 1 fully saturated rings. The van der Waals surface area contributed by atoms with Crippen LogP contribution in [-0.2, 0) is 28.5 Å². The van der Waals surface area contributed by atoms with Crippen molar-refractivity contribution in [3.63, 3.8) is 0 Å². The third kappa shape index (κ3) is 8.91. The van der Waals surface area contributed by atoms with Crippen molar-refractivity contribution in [1.29, 1.82) is 0 Å². The molecule has 1 aliphatic heterocycles. The maximum absolute atomic E-state index is 12.0. The number of amides is 2. The van der Waals surface area contributed by atoms with E-state index in [9.17, 15) is 24.9 Å². The number of hydrogen-bond donors (Lipinski definition) is 5. The summed E-state index contributed by atoms with van der Waals surface area (Å²) in [6, 6.07) is -1.19. The zero-order chi connectivity index (χ0) is 21.8. The Balaban J connectivity index is 2.41. The van der Waals surface area contributed by atoms with Crippen LogP contribution >= 0.6 is 0 Å². The van der Waals surface area contributed by atoms with Gasteiger partial charge in [-0.3, -0.25) is 9.59 Å². The topological polar surface area (TPSA) is 156 Å². The Kier molecular flexibility index (Phi) is 12.2. The number of carbonyl (C=O) groups is 2. The van der Waals surface area contributed by atoms with Gasteiger partial charge in [-0.25, -0.2) is 0 Å². The standard InChI is InChI=1S/C18H34N2O9/c1-11(22)19-15-17(25)16(24)13(8-21)29-18(15)28-7-5-4-6-14(23)20-12(9-26-2)10-27-3/h12-13,15-18,21,24-25H,4-10H2,1-3H3,(H,19,22)(H,20,23)/t13?,15?,16-,17+,18+/m0/s1. The number of aliphatic hydroxyl groups excluding tert-OH is 3. The highest BCUT2D eigenvalue weighted by atomic mass is 16.7. The van der Waals surface area contributed by atoms with Crippen LogP contribution in [0.4, 0.5) is 0 Å². The first-order valence-electron chi connectivity index (χ1n) is 9.62. The molecule has 2 unspecified atom stereocenters. The van der Waals surface area contributed by atoms with Crippen molar-refractivity contribution in [2.45, 2.75) is 62.9 Å². The van der Waals surface area contributed by atoms with Gasteiger partial charge in [0.2, 0.25) is 11.8 Å². The second-order valence-corrected chi connectivity index (χ2v) is 6.94. The summed E-state index contributed by atoms with van der Waals surface area (Å²) in [5.74, 6) is -0.549. The van der Waals surface area contributed by atoms with Gasteiger partial charge in [-0.2, -0.15) is 0 Å². The molecule has 0 aromatic heterocycles. The number of nitrogens with one attached hydrogen (secondary N) is 2. The van der Waals surface area contributed by atoms with Crippen molar-refractivity contribution in [2.75, 3.05) is 40.6 Å². The van der Waals surface area contributed by atoms with Gasteiger partial charge in [0.05, 0.1) is 25.9 Å². The maximum Gasteiger partial charge on any atom is 0.220 e. The van der Waals surface area contributed by atoms with E-state index in [1.165, 1.54) is 6.92 Å². The third-order valence-corrected chi connectivity index (χ3v) is 4.43. The summed E-state index contributed by atoms with van der Waals surface area (Å²) in [4.78, 5) is 23.3. The third-order valence-electron chi connectivity index (χ3n) is 4.43. The minimum absolute atomic E-state index is 0.131. The van der Waals surface area contributed by atoms with E-state index >= 15 is 0 Å². The molecule has 1 saturated heterocycles. The molecule has 5 N–H and O–H groups in total. The fourth-order valence-electron chi connectivity index (χ4n) is 3.03. The molecule has 0 aromatic carbocycles. The summed E-state index contributed by atoms with van der Waals surface area (Å²) in [6.07, 6.45) is -3.40. The zero-order valence-electron chi connectivity index (χ0n) is 17.2. The Labute approximate surface area is 170 Å². The van der Waals surface area contributed by atoms with Crippen LogP contribution in [0.2, 0.25) is 0 Å². The Bertz CT molecular complexity index is 488. The van der Waals surface area contributed by atoms with Crippen molar-refractivity contribution in [1.82, 2.24) is 10.6 Å². The summed E-state index contributed by atoms with van der Waals surface area (Å²) < 4.78 is 21.1. The first-order valence-corrected chi connectivity index (χ1v) is 9.62. The van der Waals surface area contributed by atoms with Crippen LogP contribution in [0.1, 0.15) is 26.2 Å². The van der Waals surface area contributed by atoms with Crippen LogP contribution in [0, 0.1) is 0 Å². The second kappa shape index (κ2) is 13.8. The smallest absolute Gasteiger partial charge is 0.220 e. The second-order valence-electron chi connectivity index (χ2n) is 6.94. The van der Waals surface area contributed by atoms with E-state index in [0.717, 1.165) is 0 Å². The van der Waals surface area contributed by atoms with Crippen molar-refractivity contribution in [2.24, 2.45) is 0 Å². The van der Waals surface area contributed by atoms with Crippen molar-refractivity contribution in [3.05, 3.63) is 0 Å². The minimum atomic E-state index is -1.35. The highest BCUT2D eigenvalue weighted by molar-refractivity contribution is 5.76. The number of unbranched alkanes of at least 4 members (excludes halogenated alkanes) is 1. The lowest BCUT2D eigenvalue weighted by atomic mass is 9.97. The van der Waals surface area contributed by atoms with Crippen LogP contribution in [0.3, 0.4) is 0 Å². The van der Waals surface area contributed by atoms with Crippen LogP contribution in [0.5, 0.6) is 0 Å². The predicted octanol–water partition coefficient (Wildman–Crippen LogP) is -2.11. The van der Waals surface area contributed by atoms with Gasteiger partial charge in [-0.05, 0) is 12.8 Å². The van der Waals surface area contributed by atoms with Crippen LogP contribution < -0.4 is 10.6 Å². The molecule has 1 aliphatic rings. The maximum atomic E-state index is 12.0. The number of hydrogen-bond acceptors (Lipinski definition) is 9. The number of rotatable bonds is 13. The zero-order valence-corrected chi connectivity index (χ0v) is 17.2. The molecule has 5 atom stereocenters. The lowest BCUT2D eigenvalue weighted by Gasteiger charge is -2.42. The lowest BCUT2D eigenvalue weighted by molar-refractivity contribution is -0.270. The van der Waals surface area contributed by atoms with E-state index < -0.39 is 43.2 Å². The predicted molar refractivity (Wildman–Crippen MR) is 101 cm³/mol. The average molecular weight is 422 g/mol. The van der Waals surface area contributed by atoms with E-state index in [-0.39, 0.29) is 25.0 Å². The van der Waals surface area contributed by atoms with E-state index in [2.05, 4.69) is 10.6 Å². The van der Waals surface area contributed by atoms with Gasteiger partial charge in [0, 0.05) is 34.2 Å². The molecule has 170 valence electrons. The molecular formula is C18H34N2O9. The lowest BCUT2D eigenvalue weighted by Crippen LogP contribution is -2.64. The van der Waals surface area contributed by atoms with E-state index in [4.69, 9.17) is 18.9 Å². The number of carbonyl (C=O) groups excluding carboxylic acids is 2. The normalized spacial score (nSPS) is 27.1. The fourth-order valence-corrected chi connectivity index (χ4v) is 3.03. The molecule has 29 heavy (non-hydrogen) atoms. The van der Waals surface area contributed by atoms with Crippen molar-refractivity contribution >= 4 is 11.8 Å². The summed E-state index contributed by atoms with van der Waals surface area (Å²) in [6.45, 7) is 1.68. The van der Waals surface area contributed by atoms with Crippen molar-refractivity contribution in [3.8, 4) is 0 Å². The first kappa shape index (κ1) is 25.7.